The minimum Gasteiger partial charge on any atom is -0.481 e. The zero-order chi connectivity index (χ0) is 12.3. The topological polar surface area (TPSA) is 59.9 Å². The van der Waals surface area contributed by atoms with Crippen molar-refractivity contribution in [1.82, 2.24) is 15.0 Å². The van der Waals surface area contributed by atoms with Gasteiger partial charge in [0.25, 0.3) is 0 Å². The Morgan fingerprint density at radius 3 is 2.71 bits per heavy atom. The molecule has 5 nitrogen and oxygen atoms in total. The van der Waals surface area contributed by atoms with Gasteiger partial charge in [-0.1, -0.05) is 11.6 Å². The first-order chi connectivity index (χ1) is 8.26. The van der Waals surface area contributed by atoms with Crippen LogP contribution in [0.15, 0.2) is 24.7 Å². The lowest BCUT2D eigenvalue weighted by molar-refractivity contribution is 0.398. The number of ether oxygens (including phenoxy) is 1. The Hall–Kier alpha value is -1.88. The highest BCUT2D eigenvalue weighted by atomic mass is 35.5. The van der Waals surface area contributed by atoms with Crippen molar-refractivity contribution in [2.75, 3.05) is 19.5 Å². The zero-order valence-corrected chi connectivity index (χ0v) is 10.2. The van der Waals surface area contributed by atoms with Crippen LogP contribution in [0.1, 0.15) is 0 Å². The van der Waals surface area contributed by atoms with Crippen LogP contribution < -0.4 is 10.1 Å². The molecule has 0 radical (unpaired) electrons. The van der Waals surface area contributed by atoms with Crippen molar-refractivity contribution in [3.05, 3.63) is 29.7 Å². The Labute approximate surface area is 104 Å². The van der Waals surface area contributed by atoms with Gasteiger partial charge in [-0.25, -0.2) is 9.97 Å². The van der Waals surface area contributed by atoms with Crippen molar-refractivity contribution in [2.24, 2.45) is 0 Å². The first-order valence-electron chi connectivity index (χ1n) is 4.95. The van der Waals surface area contributed by atoms with Crippen LogP contribution in [0, 0.1) is 0 Å². The summed E-state index contributed by atoms with van der Waals surface area (Å²) in [5.41, 5.74) is 1.40. The molecule has 2 aromatic heterocycles. The highest BCUT2D eigenvalue weighted by molar-refractivity contribution is 6.33. The van der Waals surface area contributed by atoms with Crippen LogP contribution in [0.25, 0.3) is 11.3 Å². The van der Waals surface area contributed by atoms with Gasteiger partial charge in [-0.2, -0.15) is 0 Å². The van der Waals surface area contributed by atoms with E-state index in [2.05, 4.69) is 20.3 Å². The van der Waals surface area contributed by atoms with Gasteiger partial charge in [0.05, 0.1) is 18.3 Å². The number of anilines is 1. The molecule has 0 fully saturated rings. The molecule has 0 aliphatic rings. The summed E-state index contributed by atoms with van der Waals surface area (Å²) < 4.78 is 5.07. The second-order valence-corrected chi connectivity index (χ2v) is 3.62. The molecule has 0 aromatic carbocycles. The van der Waals surface area contributed by atoms with E-state index in [1.54, 1.807) is 32.6 Å². The molecule has 0 saturated heterocycles. The lowest BCUT2D eigenvalue weighted by Gasteiger charge is -2.09. The van der Waals surface area contributed by atoms with Crippen LogP contribution in [-0.2, 0) is 0 Å². The Morgan fingerprint density at radius 2 is 2.00 bits per heavy atom. The molecule has 2 heterocycles. The van der Waals surface area contributed by atoms with E-state index in [-0.39, 0.29) is 0 Å². The maximum absolute atomic E-state index is 6.10. The van der Waals surface area contributed by atoms with Crippen LogP contribution in [0.2, 0.25) is 5.02 Å². The number of rotatable bonds is 3. The Balaban J connectivity index is 2.59. The van der Waals surface area contributed by atoms with Gasteiger partial charge in [0.2, 0.25) is 5.88 Å². The minimum atomic E-state index is 0.483. The molecule has 0 atom stereocenters. The average Bonchev–Trinajstić information content (AvgIpc) is 2.39. The largest absolute Gasteiger partial charge is 0.481 e. The van der Waals surface area contributed by atoms with E-state index >= 15 is 0 Å². The molecule has 0 unspecified atom stereocenters. The van der Waals surface area contributed by atoms with Gasteiger partial charge in [-0.3, -0.25) is 4.98 Å². The number of hydrogen-bond acceptors (Lipinski definition) is 5. The molecule has 0 aliphatic carbocycles. The second-order valence-electron chi connectivity index (χ2n) is 3.21. The summed E-state index contributed by atoms with van der Waals surface area (Å²) in [6.07, 6.45) is 4.75. The van der Waals surface area contributed by atoms with Gasteiger partial charge in [0, 0.05) is 31.1 Å². The van der Waals surface area contributed by atoms with Gasteiger partial charge in [-0.15, -0.1) is 0 Å². The molecule has 6 heteroatoms. The van der Waals surface area contributed by atoms with E-state index in [1.807, 2.05) is 0 Å². The fourth-order valence-electron chi connectivity index (χ4n) is 1.43. The highest BCUT2D eigenvalue weighted by Gasteiger charge is 2.12. The van der Waals surface area contributed by atoms with Crippen molar-refractivity contribution in [2.45, 2.75) is 0 Å². The minimum absolute atomic E-state index is 0.483. The lowest BCUT2D eigenvalue weighted by atomic mass is 10.2. The monoisotopic (exact) mass is 250 g/mol. The molecule has 0 amide bonds. The van der Waals surface area contributed by atoms with Gasteiger partial charge in [0.15, 0.2) is 5.82 Å². The van der Waals surface area contributed by atoms with E-state index in [1.165, 1.54) is 6.20 Å². The standard InChI is InChI=1S/C11H11ClN4O/c1-13-11-10(14-3-4-15-11)7-5-9(17-2)16-6-8(7)12/h3-6H,1-2H3,(H,13,15). The van der Waals surface area contributed by atoms with Crippen molar-refractivity contribution < 1.29 is 4.74 Å². The second kappa shape index (κ2) is 4.97. The number of aromatic nitrogens is 3. The summed E-state index contributed by atoms with van der Waals surface area (Å²) in [6.45, 7) is 0. The predicted octanol–water partition coefficient (Wildman–Crippen LogP) is 2.24. The molecule has 0 bridgehead atoms. The van der Waals surface area contributed by atoms with Gasteiger partial charge in [0.1, 0.15) is 5.69 Å². The predicted molar refractivity (Wildman–Crippen MR) is 66.4 cm³/mol. The van der Waals surface area contributed by atoms with Crippen LogP contribution in [0.5, 0.6) is 5.88 Å². The van der Waals surface area contributed by atoms with Crippen molar-refractivity contribution >= 4 is 17.4 Å². The van der Waals surface area contributed by atoms with Crippen LogP contribution in [0.4, 0.5) is 5.82 Å². The van der Waals surface area contributed by atoms with E-state index in [0.717, 1.165) is 5.56 Å². The highest BCUT2D eigenvalue weighted by Crippen LogP contribution is 2.31. The molecule has 0 spiro atoms. The Kier molecular flexibility index (Phi) is 3.39. The number of pyridine rings is 1. The SMILES string of the molecule is CNc1nccnc1-c1cc(OC)ncc1Cl. The molecule has 17 heavy (non-hydrogen) atoms. The maximum Gasteiger partial charge on any atom is 0.213 e. The first-order valence-corrected chi connectivity index (χ1v) is 5.32. The van der Waals surface area contributed by atoms with Crippen molar-refractivity contribution in [1.29, 1.82) is 0 Å². The first kappa shape index (κ1) is 11.6. The molecular weight excluding hydrogens is 240 g/mol. The van der Waals surface area contributed by atoms with Crippen molar-refractivity contribution in [3.8, 4) is 17.1 Å². The lowest BCUT2D eigenvalue weighted by Crippen LogP contribution is -1.98. The normalized spacial score (nSPS) is 10.1. The third kappa shape index (κ3) is 2.29. The summed E-state index contributed by atoms with van der Waals surface area (Å²) in [5.74, 6) is 1.14. The summed E-state index contributed by atoms with van der Waals surface area (Å²) in [6, 6.07) is 1.73. The number of hydrogen-bond donors (Lipinski definition) is 1. The summed E-state index contributed by atoms with van der Waals surface area (Å²) in [7, 11) is 3.33. The third-order valence-electron chi connectivity index (χ3n) is 2.23. The maximum atomic E-state index is 6.10. The summed E-state index contributed by atoms with van der Waals surface area (Å²) in [5, 5.41) is 3.47. The average molecular weight is 251 g/mol. The molecule has 2 rings (SSSR count). The van der Waals surface area contributed by atoms with E-state index < -0.39 is 0 Å². The quantitative estimate of drug-likeness (QED) is 0.905. The molecule has 88 valence electrons. The van der Waals surface area contributed by atoms with E-state index in [4.69, 9.17) is 16.3 Å². The van der Waals surface area contributed by atoms with Gasteiger partial charge >= 0.3 is 0 Å². The van der Waals surface area contributed by atoms with Gasteiger partial charge in [-0.05, 0) is 0 Å². The van der Waals surface area contributed by atoms with Crippen molar-refractivity contribution in [3.63, 3.8) is 0 Å². The Morgan fingerprint density at radius 1 is 1.24 bits per heavy atom. The van der Waals surface area contributed by atoms with Crippen LogP contribution in [-0.4, -0.2) is 29.1 Å². The number of nitrogens with one attached hydrogen (secondary N) is 1. The fourth-order valence-corrected chi connectivity index (χ4v) is 1.62. The van der Waals surface area contributed by atoms with Gasteiger partial charge < -0.3 is 10.1 Å². The van der Waals surface area contributed by atoms with Crippen LogP contribution >= 0.6 is 11.6 Å². The molecular formula is C11H11ClN4O. The number of halogens is 1. The molecule has 0 aliphatic heterocycles. The van der Waals surface area contributed by atoms with Crippen LogP contribution in [0.3, 0.4) is 0 Å². The number of methoxy groups -OCH3 is 1. The summed E-state index contributed by atoms with van der Waals surface area (Å²) >= 11 is 6.10. The van der Waals surface area contributed by atoms with E-state index in [9.17, 15) is 0 Å². The zero-order valence-electron chi connectivity index (χ0n) is 9.44. The smallest absolute Gasteiger partial charge is 0.213 e. The van der Waals surface area contributed by atoms with E-state index in [0.29, 0.717) is 22.4 Å². The fraction of sp³-hybridized carbons (Fsp3) is 0.182. The molecule has 1 N–H and O–H groups in total. The Bertz CT molecular complexity index is 533. The summed E-state index contributed by atoms with van der Waals surface area (Å²) in [4.78, 5) is 12.5. The molecule has 0 saturated carbocycles. The molecule has 2 aromatic rings. The third-order valence-corrected chi connectivity index (χ3v) is 2.53. The number of nitrogens with zero attached hydrogens (tertiary/aromatic N) is 3.